The van der Waals surface area contributed by atoms with Crippen LogP contribution in [-0.4, -0.2) is 27.5 Å². The average Bonchev–Trinajstić information content (AvgIpc) is 2.65. The third-order valence-corrected chi connectivity index (χ3v) is 4.43. The Labute approximate surface area is 116 Å². The van der Waals surface area contributed by atoms with Crippen LogP contribution in [0.5, 0.6) is 0 Å². The molecule has 1 aliphatic carbocycles. The number of aryl methyl sites for hydroxylation is 1. The van der Waals surface area contributed by atoms with Crippen molar-refractivity contribution in [1.29, 1.82) is 0 Å². The van der Waals surface area contributed by atoms with Crippen molar-refractivity contribution in [1.82, 2.24) is 15.1 Å². The minimum atomic E-state index is 0.148. The minimum Gasteiger partial charge on any atom is -0.394 e. The second kappa shape index (κ2) is 6.53. The quantitative estimate of drug-likeness (QED) is 0.858. The maximum absolute atomic E-state index is 9.03. The highest BCUT2D eigenvalue weighted by atomic mass is 16.3. The molecule has 0 saturated heterocycles. The summed E-state index contributed by atoms with van der Waals surface area (Å²) in [6.45, 7) is 8.14. The van der Waals surface area contributed by atoms with Crippen LogP contribution in [0.3, 0.4) is 0 Å². The molecule has 0 spiro atoms. The van der Waals surface area contributed by atoms with Crippen LogP contribution in [-0.2, 0) is 13.1 Å². The van der Waals surface area contributed by atoms with E-state index in [0.717, 1.165) is 18.2 Å². The van der Waals surface area contributed by atoms with E-state index in [1.54, 1.807) is 0 Å². The Kier molecular flexibility index (Phi) is 4.99. The summed E-state index contributed by atoms with van der Waals surface area (Å²) < 4.78 is 1.91. The Bertz CT molecular complexity index is 406. The Balaban J connectivity index is 1.92. The van der Waals surface area contributed by atoms with Crippen LogP contribution in [0.15, 0.2) is 0 Å². The molecule has 2 rings (SSSR count). The molecular formula is C15H27N3O. The van der Waals surface area contributed by atoms with Gasteiger partial charge in [-0.25, -0.2) is 0 Å². The van der Waals surface area contributed by atoms with E-state index in [4.69, 9.17) is 5.11 Å². The maximum Gasteiger partial charge on any atom is 0.0644 e. The van der Waals surface area contributed by atoms with Crippen LogP contribution in [0.1, 0.15) is 49.6 Å². The first-order valence-corrected chi connectivity index (χ1v) is 7.49. The highest BCUT2D eigenvalue weighted by Gasteiger charge is 2.19. The van der Waals surface area contributed by atoms with Gasteiger partial charge in [-0.05, 0) is 45.4 Å². The molecule has 2 N–H and O–H groups in total. The second-order valence-corrected chi connectivity index (χ2v) is 5.93. The summed E-state index contributed by atoms with van der Waals surface area (Å²) in [7, 11) is 0. The molecule has 1 aliphatic rings. The molecule has 1 fully saturated rings. The number of hydrogen-bond donors (Lipinski definition) is 2. The van der Waals surface area contributed by atoms with Gasteiger partial charge in [-0.3, -0.25) is 4.68 Å². The fourth-order valence-corrected chi connectivity index (χ4v) is 3.01. The van der Waals surface area contributed by atoms with E-state index >= 15 is 0 Å². The van der Waals surface area contributed by atoms with Crippen molar-refractivity contribution in [3.63, 3.8) is 0 Å². The largest absolute Gasteiger partial charge is 0.394 e. The van der Waals surface area contributed by atoms with Gasteiger partial charge in [-0.15, -0.1) is 0 Å². The monoisotopic (exact) mass is 265 g/mol. The van der Waals surface area contributed by atoms with Crippen molar-refractivity contribution >= 4 is 0 Å². The highest BCUT2D eigenvalue weighted by Crippen LogP contribution is 2.24. The van der Waals surface area contributed by atoms with Crippen LogP contribution in [0, 0.1) is 19.8 Å². The molecule has 4 nitrogen and oxygen atoms in total. The van der Waals surface area contributed by atoms with E-state index in [0.29, 0.717) is 12.6 Å². The van der Waals surface area contributed by atoms with E-state index in [2.05, 4.69) is 31.2 Å². The van der Waals surface area contributed by atoms with Crippen LogP contribution in [0.2, 0.25) is 0 Å². The lowest BCUT2D eigenvalue weighted by molar-refractivity contribution is 0.267. The Morgan fingerprint density at radius 2 is 1.95 bits per heavy atom. The van der Waals surface area contributed by atoms with Gasteiger partial charge in [0, 0.05) is 23.8 Å². The molecule has 0 atom stereocenters. The fraction of sp³-hybridized carbons (Fsp3) is 0.800. The van der Waals surface area contributed by atoms with Gasteiger partial charge in [-0.2, -0.15) is 5.10 Å². The Morgan fingerprint density at radius 3 is 2.58 bits per heavy atom. The smallest absolute Gasteiger partial charge is 0.0644 e. The van der Waals surface area contributed by atoms with E-state index < -0.39 is 0 Å². The van der Waals surface area contributed by atoms with Crippen LogP contribution in [0.25, 0.3) is 0 Å². The number of hydrogen-bond acceptors (Lipinski definition) is 3. The zero-order valence-corrected chi connectivity index (χ0v) is 12.4. The predicted octanol–water partition coefficient (Wildman–Crippen LogP) is 2.16. The van der Waals surface area contributed by atoms with E-state index in [1.807, 2.05) is 4.68 Å². The lowest BCUT2D eigenvalue weighted by Crippen LogP contribution is -2.32. The van der Waals surface area contributed by atoms with Gasteiger partial charge in [0.25, 0.3) is 0 Å². The van der Waals surface area contributed by atoms with Crippen molar-refractivity contribution in [2.24, 2.45) is 5.92 Å². The van der Waals surface area contributed by atoms with Crippen LogP contribution >= 0.6 is 0 Å². The predicted molar refractivity (Wildman–Crippen MR) is 77.0 cm³/mol. The van der Waals surface area contributed by atoms with Gasteiger partial charge < -0.3 is 10.4 Å². The molecule has 1 aromatic heterocycles. The van der Waals surface area contributed by atoms with Gasteiger partial charge in [-0.1, -0.05) is 6.92 Å². The molecule has 0 radical (unpaired) electrons. The molecule has 19 heavy (non-hydrogen) atoms. The molecule has 0 bridgehead atoms. The molecule has 1 heterocycles. The summed E-state index contributed by atoms with van der Waals surface area (Å²) in [5, 5.41) is 17.2. The summed E-state index contributed by atoms with van der Waals surface area (Å²) in [6.07, 6.45) is 5.28. The molecular weight excluding hydrogens is 238 g/mol. The number of rotatable bonds is 5. The highest BCUT2D eigenvalue weighted by molar-refractivity contribution is 5.24. The zero-order chi connectivity index (χ0) is 13.8. The molecule has 1 saturated carbocycles. The minimum absolute atomic E-state index is 0.148. The van der Waals surface area contributed by atoms with E-state index in [-0.39, 0.29) is 6.61 Å². The summed E-state index contributed by atoms with van der Waals surface area (Å²) in [5.41, 5.74) is 3.57. The number of aliphatic hydroxyl groups excluding tert-OH is 1. The van der Waals surface area contributed by atoms with Crippen molar-refractivity contribution in [3.8, 4) is 0 Å². The Hall–Kier alpha value is -0.870. The molecule has 0 aromatic carbocycles. The van der Waals surface area contributed by atoms with Gasteiger partial charge in [0.2, 0.25) is 0 Å². The fourth-order valence-electron chi connectivity index (χ4n) is 3.01. The van der Waals surface area contributed by atoms with E-state index in [9.17, 15) is 0 Å². The first-order valence-electron chi connectivity index (χ1n) is 7.49. The van der Waals surface area contributed by atoms with Crippen LogP contribution < -0.4 is 5.32 Å². The molecule has 4 heteroatoms. The normalized spacial score (nSPS) is 23.8. The lowest BCUT2D eigenvalue weighted by atomic mass is 9.87. The molecule has 0 aliphatic heterocycles. The topological polar surface area (TPSA) is 50.1 Å². The SMILES string of the molecule is Cc1nn(CCO)c(C)c1CNC1CCC(C)CC1. The molecule has 108 valence electrons. The lowest BCUT2D eigenvalue weighted by Gasteiger charge is -2.27. The Morgan fingerprint density at radius 1 is 1.26 bits per heavy atom. The van der Waals surface area contributed by atoms with Crippen molar-refractivity contribution in [3.05, 3.63) is 17.0 Å². The van der Waals surface area contributed by atoms with Crippen molar-refractivity contribution < 1.29 is 5.11 Å². The molecule has 1 aromatic rings. The summed E-state index contributed by atoms with van der Waals surface area (Å²) in [4.78, 5) is 0. The first kappa shape index (κ1) is 14.5. The van der Waals surface area contributed by atoms with Crippen molar-refractivity contribution in [2.45, 2.75) is 65.6 Å². The number of aliphatic hydroxyl groups is 1. The molecule has 0 amide bonds. The number of nitrogens with one attached hydrogen (secondary N) is 1. The summed E-state index contributed by atoms with van der Waals surface area (Å²) in [5.74, 6) is 0.897. The van der Waals surface area contributed by atoms with E-state index in [1.165, 1.54) is 36.9 Å². The van der Waals surface area contributed by atoms with Gasteiger partial charge >= 0.3 is 0 Å². The number of nitrogens with zero attached hydrogens (tertiary/aromatic N) is 2. The van der Waals surface area contributed by atoms with Gasteiger partial charge in [0.1, 0.15) is 0 Å². The zero-order valence-electron chi connectivity index (χ0n) is 12.4. The first-order chi connectivity index (χ1) is 9.11. The maximum atomic E-state index is 9.03. The third-order valence-electron chi connectivity index (χ3n) is 4.43. The van der Waals surface area contributed by atoms with Crippen molar-refractivity contribution in [2.75, 3.05) is 6.61 Å². The van der Waals surface area contributed by atoms with Gasteiger partial charge in [0.15, 0.2) is 0 Å². The van der Waals surface area contributed by atoms with Gasteiger partial charge in [0.05, 0.1) is 18.8 Å². The third kappa shape index (κ3) is 3.57. The standard InChI is InChI=1S/C15H27N3O/c1-11-4-6-14(7-5-11)16-10-15-12(2)17-18(8-9-19)13(15)3/h11,14,16,19H,4-10H2,1-3H3. The number of aromatic nitrogens is 2. The summed E-state index contributed by atoms with van der Waals surface area (Å²) in [6, 6.07) is 0.663. The second-order valence-electron chi connectivity index (χ2n) is 5.93. The summed E-state index contributed by atoms with van der Waals surface area (Å²) >= 11 is 0. The van der Waals surface area contributed by atoms with Crippen LogP contribution in [0.4, 0.5) is 0 Å². The average molecular weight is 265 g/mol. The molecule has 0 unspecified atom stereocenters.